The number of benzene rings is 1. The summed E-state index contributed by atoms with van der Waals surface area (Å²) < 4.78 is 5.66. The number of ketones is 2. The first kappa shape index (κ1) is 14.9. The molecule has 1 fully saturated rings. The lowest BCUT2D eigenvalue weighted by Gasteiger charge is -2.26. The quantitative estimate of drug-likeness (QED) is 0.816. The SMILES string of the molecule is O=C1C(Cl)=C(OC2CCCCC2)C(=O)c2c(O)ccc(O)c21. The molecule has 0 aliphatic heterocycles. The van der Waals surface area contributed by atoms with Crippen LogP contribution in [0.15, 0.2) is 22.9 Å². The number of Topliss-reactive ketones (excluding diaryl/α,β-unsaturated/α-hetero) is 2. The minimum atomic E-state index is -0.713. The van der Waals surface area contributed by atoms with Crippen molar-refractivity contribution >= 4 is 23.2 Å². The fraction of sp³-hybridized carbons (Fsp3) is 0.375. The minimum absolute atomic E-state index is 0.157. The Kier molecular flexibility index (Phi) is 3.83. The highest BCUT2D eigenvalue weighted by Gasteiger charge is 2.38. The molecule has 5 nitrogen and oxygen atoms in total. The molecule has 1 aromatic rings. The maximum atomic E-state index is 12.5. The Balaban J connectivity index is 2.01. The Hall–Kier alpha value is -2.01. The first-order valence-electron chi connectivity index (χ1n) is 7.21. The zero-order valence-electron chi connectivity index (χ0n) is 11.8. The number of hydrogen-bond donors (Lipinski definition) is 2. The highest BCUT2D eigenvalue weighted by atomic mass is 35.5. The monoisotopic (exact) mass is 322 g/mol. The topological polar surface area (TPSA) is 83.8 Å². The molecule has 6 heteroatoms. The van der Waals surface area contributed by atoms with Gasteiger partial charge in [0.15, 0.2) is 5.76 Å². The molecule has 0 radical (unpaired) electrons. The lowest BCUT2D eigenvalue weighted by molar-refractivity contribution is 0.0610. The van der Waals surface area contributed by atoms with Crippen molar-refractivity contribution in [3.05, 3.63) is 34.1 Å². The summed E-state index contributed by atoms with van der Waals surface area (Å²) in [5, 5.41) is 19.3. The van der Waals surface area contributed by atoms with Crippen molar-refractivity contribution in [3.63, 3.8) is 0 Å². The summed E-state index contributed by atoms with van der Waals surface area (Å²) in [7, 11) is 0. The van der Waals surface area contributed by atoms with E-state index in [4.69, 9.17) is 16.3 Å². The number of fused-ring (bicyclic) bond motifs is 1. The number of hydrogen-bond acceptors (Lipinski definition) is 5. The maximum absolute atomic E-state index is 12.5. The van der Waals surface area contributed by atoms with Crippen LogP contribution in [0.3, 0.4) is 0 Å². The average molecular weight is 323 g/mol. The first-order valence-corrected chi connectivity index (χ1v) is 7.59. The summed E-state index contributed by atoms with van der Waals surface area (Å²) in [6, 6.07) is 2.31. The number of allylic oxidation sites excluding steroid dienone is 2. The molecule has 2 aliphatic carbocycles. The predicted octanol–water partition coefficient (Wildman–Crippen LogP) is 3.28. The summed E-state index contributed by atoms with van der Waals surface area (Å²) in [4.78, 5) is 24.8. The van der Waals surface area contributed by atoms with Crippen LogP contribution >= 0.6 is 11.6 Å². The van der Waals surface area contributed by atoms with Crippen molar-refractivity contribution in [2.75, 3.05) is 0 Å². The van der Waals surface area contributed by atoms with Crippen LogP contribution in [0, 0.1) is 0 Å². The molecular formula is C16H15ClO5. The van der Waals surface area contributed by atoms with Crippen molar-refractivity contribution in [2.45, 2.75) is 38.2 Å². The van der Waals surface area contributed by atoms with Crippen molar-refractivity contribution in [2.24, 2.45) is 0 Å². The standard InChI is InChI=1S/C16H15ClO5/c17-13-14(20)11-9(18)6-7-10(19)12(11)15(21)16(13)22-8-4-2-1-3-5-8/h6-8,18-19H,1-5H2. The van der Waals surface area contributed by atoms with Crippen molar-refractivity contribution in [1.82, 2.24) is 0 Å². The molecule has 0 heterocycles. The van der Waals surface area contributed by atoms with Crippen LogP contribution in [0.1, 0.15) is 52.8 Å². The van der Waals surface area contributed by atoms with E-state index >= 15 is 0 Å². The van der Waals surface area contributed by atoms with Crippen LogP contribution in [0.2, 0.25) is 0 Å². The molecule has 0 atom stereocenters. The molecule has 0 spiro atoms. The average Bonchev–Trinajstić information content (AvgIpc) is 2.52. The van der Waals surface area contributed by atoms with E-state index in [0.29, 0.717) is 0 Å². The van der Waals surface area contributed by atoms with Crippen molar-refractivity contribution in [1.29, 1.82) is 0 Å². The van der Waals surface area contributed by atoms with Gasteiger partial charge in [0, 0.05) is 0 Å². The molecule has 1 saturated carbocycles. The molecule has 0 bridgehead atoms. The van der Waals surface area contributed by atoms with Gasteiger partial charge in [-0.25, -0.2) is 0 Å². The molecular weight excluding hydrogens is 308 g/mol. The number of aromatic hydroxyl groups is 2. The Bertz CT molecular complexity index is 686. The van der Waals surface area contributed by atoms with E-state index in [2.05, 4.69) is 0 Å². The van der Waals surface area contributed by atoms with E-state index in [1.165, 1.54) is 0 Å². The number of rotatable bonds is 2. The summed E-state index contributed by atoms with van der Waals surface area (Å²) in [6.45, 7) is 0. The van der Waals surface area contributed by atoms with Gasteiger partial charge >= 0.3 is 0 Å². The van der Waals surface area contributed by atoms with Gasteiger partial charge in [0.25, 0.3) is 0 Å². The van der Waals surface area contributed by atoms with Crippen molar-refractivity contribution in [3.8, 4) is 11.5 Å². The third-order valence-electron chi connectivity index (χ3n) is 4.06. The largest absolute Gasteiger partial charge is 0.507 e. The van der Waals surface area contributed by atoms with Crippen molar-refractivity contribution < 1.29 is 24.5 Å². The Morgan fingerprint density at radius 2 is 1.50 bits per heavy atom. The smallest absolute Gasteiger partial charge is 0.233 e. The van der Waals surface area contributed by atoms with E-state index in [9.17, 15) is 19.8 Å². The third-order valence-corrected chi connectivity index (χ3v) is 4.40. The van der Waals surface area contributed by atoms with Crippen LogP contribution < -0.4 is 0 Å². The van der Waals surface area contributed by atoms with E-state index in [0.717, 1.165) is 44.2 Å². The van der Waals surface area contributed by atoms with Gasteiger partial charge in [-0.05, 0) is 37.8 Å². The second-order valence-electron chi connectivity index (χ2n) is 5.53. The number of carbonyl (C=O) groups excluding carboxylic acids is 2. The number of phenolic OH excluding ortho intramolecular Hbond substituents is 2. The van der Waals surface area contributed by atoms with Gasteiger partial charge in [-0.3, -0.25) is 9.59 Å². The molecule has 2 N–H and O–H groups in total. The van der Waals surface area contributed by atoms with Gasteiger partial charge in [-0.2, -0.15) is 0 Å². The van der Waals surface area contributed by atoms with Crippen LogP contribution in [-0.2, 0) is 4.74 Å². The molecule has 3 rings (SSSR count). The van der Waals surface area contributed by atoms with Crippen LogP contribution in [0.4, 0.5) is 0 Å². The van der Waals surface area contributed by atoms with Gasteiger partial charge < -0.3 is 14.9 Å². The molecule has 0 unspecified atom stereocenters. The number of phenols is 2. The van der Waals surface area contributed by atoms with E-state index < -0.39 is 11.6 Å². The molecule has 0 saturated heterocycles. The van der Waals surface area contributed by atoms with E-state index in [1.54, 1.807) is 0 Å². The predicted molar refractivity (Wildman–Crippen MR) is 79.3 cm³/mol. The second-order valence-corrected chi connectivity index (χ2v) is 5.91. The highest BCUT2D eigenvalue weighted by Crippen LogP contribution is 2.39. The second kappa shape index (κ2) is 5.65. The summed E-state index contributed by atoms with van der Waals surface area (Å²) >= 11 is 5.99. The third kappa shape index (κ3) is 2.35. The molecule has 2 aliphatic rings. The summed E-state index contributed by atoms with van der Waals surface area (Å²) in [6.07, 6.45) is 4.56. The Morgan fingerprint density at radius 3 is 2.09 bits per heavy atom. The van der Waals surface area contributed by atoms with Gasteiger partial charge in [0.05, 0.1) is 17.2 Å². The molecule has 0 aromatic heterocycles. The normalized spacial score (nSPS) is 19.3. The summed E-state index contributed by atoms with van der Waals surface area (Å²) in [5.41, 5.74) is -0.522. The zero-order chi connectivity index (χ0) is 15.9. The fourth-order valence-corrected chi connectivity index (χ4v) is 3.15. The van der Waals surface area contributed by atoms with Crippen LogP contribution in [0.5, 0.6) is 11.5 Å². The minimum Gasteiger partial charge on any atom is -0.507 e. The van der Waals surface area contributed by atoms with E-state index in [-0.39, 0.29) is 39.5 Å². The van der Waals surface area contributed by atoms with Crippen LogP contribution in [0.25, 0.3) is 0 Å². The Morgan fingerprint density at radius 1 is 0.955 bits per heavy atom. The lowest BCUT2D eigenvalue weighted by Crippen LogP contribution is -2.26. The molecule has 116 valence electrons. The highest BCUT2D eigenvalue weighted by molar-refractivity contribution is 6.50. The number of ether oxygens (including phenoxy) is 1. The van der Waals surface area contributed by atoms with Gasteiger partial charge in [0.1, 0.15) is 16.5 Å². The van der Waals surface area contributed by atoms with Gasteiger partial charge in [-0.15, -0.1) is 0 Å². The molecule has 22 heavy (non-hydrogen) atoms. The number of carbonyl (C=O) groups is 2. The first-order chi connectivity index (χ1) is 10.5. The number of halogens is 1. The fourth-order valence-electron chi connectivity index (χ4n) is 2.92. The van der Waals surface area contributed by atoms with Gasteiger partial charge in [-0.1, -0.05) is 18.0 Å². The summed E-state index contributed by atoms with van der Waals surface area (Å²) in [5.74, 6) is -2.37. The Labute approximate surface area is 132 Å². The zero-order valence-corrected chi connectivity index (χ0v) is 12.5. The molecule has 1 aromatic carbocycles. The lowest BCUT2D eigenvalue weighted by atomic mass is 9.91. The van der Waals surface area contributed by atoms with Gasteiger partial charge in [0.2, 0.25) is 11.6 Å². The van der Waals surface area contributed by atoms with Crippen LogP contribution in [-0.4, -0.2) is 27.9 Å². The van der Waals surface area contributed by atoms with E-state index in [1.807, 2.05) is 0 Å². The molecule has 0 amide bonds. The maximum Gasteiger partial charge on any atom is 0.233 e.